The number of aryl methyl sites for hydroxylation is 1. The first-order valence-electron chi connectivity index (χ1n) is 6.77. The van der Waals surface area contributed by atoms with Crippen LogP contribution in [0.5, 0.6) is 0 Å². The van der Waals surface area contributed by atoms with E-state index in [0.717, 1.165) is 45.8 Å². The zero-order valence-electron chi connectivity index (χ0n) is 10.9. The molecular formula is C13H21N3O2. The highest BCUT2D eigenvalue weighted by Gasteiger charge is 2.32. The lowest BCUT2D eigenvalue weighted by molar-refractivity contribution is -0.0580. The fourth-order valence-corrected chi connectivity index (χ4v) is 3.01. The van der Waals surface area contributed by atoms with Crippen molar-refractivity contribution in [2.45, 2.75) is 31.8 Å². The summed E-state index contributed by atoms with van der Waals surface area (Å²) >= 11 is 0. The monoisotopic (exact) mass is 251 g/mol. The second kappa shape index (κ2) is 5.38. The van der Waals surface area contributed by atoms with E-state index in [4.69, 9.17) is 9.47 Å². The Kier molecular flexibility index (Phi) is 3.63. The third-order valence-corrected chi connectivity index (χ3v) is 4.03. The average Bonchev–Trinajstić information content (AvgIpc) is 2.86. The molecule has 2 saturated heterocycles. The Morgan fingerprint density at radius 2 is 2.11 bits per heavy atom. The predicted octanol–water partition coefficient (Wildman–Crippen LogP) is 1.27. The summed E-state index contributed by atoms with van der Waals surface area (Å²) in [7, 11) is 0. The van der Waals surface area contributed by atoms with Crippen molar-refractivity contribution < 1.29 is 9.47 Å². The zero-order chi connectivity index (χ0) is 12.4. The van der Waals surface area contributed by atoms with Gasteiger partial charge in [-0.2, -0.15) is 5.10 Å². The highest BCUT2D eigenvalue weighted by Crippen LogP contribution is 2.29. The lowest BCUT2D eigenvalue weighted by Gasteiger charge is -2.42. The van der Waals surface area contributed by atoms with E-state index in [1.54, 1.807) is 0 Å². The van der Waals surface area contributed by atoms with Crippen LogP contribution in [-0.2, 0) is 9.47 Å². The number of H-pyrrole nitrogens is 1. The topological polar surface area (TPSA) is 50.4 Å². The summed E-state index contributed by atoms with van der Waals surface area (Å²) in [5, 5.41) is 7.29. The zero-order valence-corrected chi connectivity index (χ0v) is 10.9. The summed E-state index contributed by atoms with van der Waals surface area (Å²) in [5.41, 5.74) is 2.43. The summed E-state index contributed by atoms with van der Waals surface area (Å²) < 4.78 is 11.1. The smallest absolute Gasteiger partial charge is 0.0757 e. The van der Waals surface area contributed by atoms with Crippen molar-refractivity contribution in [3.8, 4) is 0 Å². The van der Waals surface area contributed by atoms with Gasteiger partial charge in [0.15, 0.2) is 0 Å². The first kappa shape index (κ1) is 12.1. The van der Waals surface area contributed by atoms with Gasteiger partial charge >= 0.3 is 0 Å². The number of aromatic amines is 1. The molecule has 3 heterocycles. The van der Waals surface area contributed by atoms with Gasteiger partial charge in [0, 0.05) is 25.8 Å². The predicted molar refractivity (Wildman–Crippen MR) is 67.4 cm³/mol. The van der Waals surface area contributed by atoms with Crippen molar-refractivity contribution in [1.82, 2.24) is 15.1 Å². The molecule has 1 aromatic heterocycles. The molecule has 100 valence electrons. The Balaban J connectivity index is 1.79. The van der Waals surface area contributed by atoms with Crippen LogP contribution in [0.3, 0.4) is 0 Å². The van der Waals surface area contributed by atoms with Gasteiger partial charge < -0.3 is 9.47 Å². The van der Waals surface area contributed by atoms with Crippen molar-refractivity contribution in [3.63, 3.8) is 0 Å². The Hall–Kier alpha value is -0.910. The van der Waals surface area contributed by atoms with E-state index >= 15 is 0 Å². The molecule has 0 aromatic carbocycles. The van der Waals surface area contributed by atoms with E-state index in [2.05, 4.69) is 22.0 Å². The molecule has 2 fully saturated rings. The van der Waals surface area contributed by atoms with Gasteiger partial charge in [-0.3, -0.25) is 10.00 Å². The molecule has 0 unspecified atom stereocenters. The third-order valence-electron chi connectivity index (χ3n) is 4.03. The number of nitrogens with one attached hydrogen (secondary N) is 1. The van der Waals surface area contributed by atoms with Crippen LogP contribution in [0.25, 0.3) is 0 Å². The molecule has 18 heavy (non-hydrogen) atoms. The molecule has 1 atom stereocenters. The second-order valence-electron chi connectivity index (χ2n) is 5.14. The van der Waals surface area contributed by atoms with E-state index < -0.39 is 0 Å². The van der Waals surface area contributed by atoms with Crippen LogP contribution in [0.4, 0.5) is 0 Å². The maximum Gasteiger partial charge on any atom is 0.0757 e. The Labute approximate surface area is 107 Å². The number of rotatable bonds is 2. The van der Waals surface area contributed by atoms with Gasteiger partial charge in [0.05, 0.1) is 31.1 Å². The lowest BCUT2D eigenvalue weighted by atomic mass is 10.0. The van der Waals surface area contributed by atoms with Crippen molar-refractivity contribution in [2.75, 3.05) is 33.0 Å². The molecule has 2 aliphatic rings. The van der Waals surface area contributed by atoms with Gasteiger partial charge in [-0.1, -0.05) is 0 Å². The van der Waals surface area contributed by atoms with E-state index in [9.17, 15) is 0 Å². The molecule has 3 rings (SSSR count). The molecule has 0 bridgehead atoms. The van der Waals surface area contributed by atoms with Crippen LogP contribution in [0.15, 0.2) is 6.20 Å². The maximum atomic E-state index is 5.66. The molecule has 0 spiro atoms. The van der Waals surface area contributed by atoms with Gasteiger partial charge in [0.25, 0.3) is 0 Å². The second-order valence-corrected chi connectivity index (χ2v) is 5.14. The van der Waals surface area contributed by atoms with Crippen LogP contribution in [0.2, 0.25) is 0 Å². The standard InChI is InChI=1S/C13H21N3O2/c1-10-8-14-15-13(10)12-9-18-7-4-16(12)11-2-5-17-6-3-11/h8,11-12H,2-7,9H2,1H3,(H,14,15)/t12-/m1/s1. The van der Waals surface area contributed by atoms with Crippen LogP contribution in [-0.4, -0.2) is 54.1 Å². The fraction of sp³-hybridized carbons (Fsp3) is 0.769. The van der Waals surface area contributed by atoms with Crippen molar-refractivity contribution in [3.05, 3.63) is 17.5 Å². The normalized spacial score (nSPS) is 27.5. The largest absolute Gasteiger partial charge is 0.381 e. The first-order valence-corrected chi connectivity index (χ1v) is 6.77. The van der Waals surface area contributed by atoms with Crippen LogP contribution < -0.4 is 0 Å². The van der Waals surface area contributed by atoms with Crippen molar-refractivity contribution >= 4 is 0 Å². The molecule has 2 aliphatic heterocycles. The SMILES string of the molecule is Cc1cn[nH]c1[C@H]1COCCN1C1CCOCC1. The van der Waals surface area contributed by atoms with E-state index in [1.807, 2.05) is 6.20 Å². The molecule has 1 N–H and O–H groups in total. The molecule has 0 radical (unpaired) electrons. The Morgan fingerprint density at radius 1 is 1.28 bits per heavy atom. The maximum absolute atomic E-state index is 5.66. The summed E-state index contributed by atoms with van der Waals surface area (Å²) in [4.78, 5) is 2.58. The van der Waals surface area contributed by atoms with E-state index in [-0.39, 0.29) is 0 Å². The van der Waals surface area contributed by atoms with Crippen LogP contribution >= 0.6 is 0 Å². The number of hydrogen-bond donors (Lipinski definition) is 1. The first-order chi connectivity index (χ1) is 8.86. The molecule has 0 aliphatic carbocycles. The van der Waals surface area contributed by atoms with Gasteiger partial charge in [0.2, 0.25) is 0 Å². The number of aromatic nitrogens is 2. The minimum atomic E-state index is 0.323. The van der Waals surface area contributed by atoms with Crippen molar-refractivity contribution in [2.24, 2.45) is 0 Å². The Bertz CT molecular complexity index is 387. The molecule has 0 amide bonds. The molecule has 1 aromatic rings. The summed E-state index contributed by atoms with van der Waals surface area (Å²) in [6.07, 6.45) is 4.15. The summed E-state index contributed by atoms with van der Waals surface area (Å²) in [6.45, 7) is 6.48. The number of nitrogens with zero attached hydrogens (tertiary/aromatic N) is 2. The lowest BCUT2D eigenvalue weighted by Crippen LogP contribution is -2.48. The van der Waals surface area contributed by atoms with Gasteiger partial charge in [-0.25, -0.2) is 0 Å². The quantitative estimate of drug-likeness (QED) is 0.860. The van der Waals surface area contributed by atoms with Crippen LogP contribution in [0.1, 0.15) is 30.1 Å². The fourth-order valence-electron chi connectivity index (χ4n) is 3.01. The average molecular weight is 251 g/mol. The van der Waals surface area contributed by atoms with Crippen LogP contribution in [0, 0.1) is 6.92 Å². The van der Waals surface area contributed by atoms with Gasteiger partial charge in [0.1, 0.15) is 0 Å². The minimum absolute atomic E-state index is 0.323. The molecule has 5 heteroatoms. The summed E-state index contributed by atoms with van der Waals surface area (Å²) in [6, 6.07) is 0.944. The number of ether oxygens (including phenoxy) is 2. The van der Waals surface area contributed by atoms with Gasteiger partial charge in [-0.15, -0.1) is 0 Å². The minimum Gasteiger partial charge on any atom is -0.381 e. The highest BCUT2D eigenvalue weighted by atomic mass is 16.5. The number of hydrogen-bond acceptors (Lipinski definition) is 4. The molecule has 0 saturated carbocycles. The Morgan fingerprint density at radius 3 is 2.83 bits per heavy atom. The van der Waals surface area contributed by atoms with E-state index in [0.29, 0.717) is 12.1 Å². The molecule has 5 nitrogen and oxygen atoms in total. The van der Waals surface area contributed by atoms with Gasteiger partial charge in [-0.05, 0) is 25.3 Å². The highest BCUT2D eigenvalue weighted by molar-refractivity contribution is 5.19. The molecular weight excluding hydrogens is 230 g/mol. The summed E-state index contributed by atoms with van der Waals surface area (Å²) in [5.74, 6) is 0. The number of morpholine rings is 1. The third kappa shape index (κ3) is 2.30. The van der Waals surface area contributed by atoms with Crippen molar-refractivity contribution in [1.29, 1.82) is 0 Å². The van der Waals surface area contributed by atoms with E-state index in [1.165, 1.54) is 11.3 Å².